The van der Waals surface area contributed by atoms with E-state index in [4.69, 9.17) is 4.74 Å². The van der Waals surface area contributed by atoms with Crippen LogP contribution in [-0.2, 0) is 6.42 Å². The summed E-state index contributed by atoms with van der Waals surface area (Å²) in [5, 5.41) is 5.33. The van der Waals surface area contributed by atoms with Gasteiger partial charge in [-0.1, -0.05) is 6.07 Å². The van der Waals surface area contributed by atoms with Gasteiger partial charge in [0.15, 0.2) is 0 Å². The molecule has 2 N–H and O–H groups in total. The van der Waals surface area contributed by atoms with E-state index in [9.17, 15) is 4.79 Å². The van der Waals surface area contributed by atoms with Gasteiger partial charge in [-0.3, -0.25) is 0 Å². The number of benzene rings is 1. The minimum absolute atomic E-state index is 0.144. The Kier molecular flexibility index (Phi) is 5.01. The molecule has 18 heavy (non-hydrogen) atoms. The van der Waals surface area contributed by atoms with Gasteiger partial charge in [-0.25, -0.2) is 4.79 Å². The lowest BCUT2D eigenvalue weighted by atomic mass is 9.96. The third-order valence-corrected chi connectivity index (χ3v) is 3.24. The first-order valence-electron chi connectivity index (χ1n) is 6.10. The molecule has 0 spiro atoms. The first-order chi connectivity index (χ1) is 8.51. The lowest BCUT2D eigenvalue weighted by Crippen LogP contribution is -2.34. The lowest BCUT2D eigenvalue weighted by Gasteiger charge is -2.15. The Morgan fingerprint density at radius 2 is 1.94 bits per heavy atom. The maximum atomic E-state index is 11.1. The topological polar surface area (TPSA) is 50.4 Å². The van der Waals surface area contributed by atoms with Crippen molar-refractivity contribution in [2.45, 2.75) is 27.2 Å². The van der Waals surface area contributed by atoms with Crippen LogP contribution < -0.4 is 15.4 Å². The fourth-order valence-electron chi connectivity index (χ4n) is 2.11. The molecule has 0 fully saturated rings. The first kappa shape index (κ1) is 14.4. The fourth-order valence-corrected chi connectivity index (χ4v) is 2.11. The highest BCUT2D eigenvalue weighted by Gasteiger charge is 2.10. The highest BCUT2D eigenvalue weighted by Crippen LogP contribution is 2.28. The number of rotatable bonds is 4. The van der Waals surface area contributed by atoms with E-state index < -0.39 is 0 Å². The van der Waals surface area contributed by atoms with Gasteiger partial charge in [-0.15, -0.1) is 0 Å². The second-order valence-corrected chi connectivity index (χ2v) is 4.39. The highest BCUT2D eigenvalue weighted by atomic mass is 16.5. The van der Waals surface area contributed by atoms with Crippen molar-refractivity contribution in [3.05, 3.63) is 28.3 Å². The summed E-state index contributed by atoms with van der Waals surface area (Å²) in [5.41, 5.74) is 4.79. The molecule has 4 nitrogen and oxygen atoms in total. The quantitative estimate of drug-likeness (QED) is 0.859. The standard InChI is InChI=1S/C14H22N2O2/c1-9-8-12(6-7-16-14(17)15-4)10(2)11(3)13(9)18-5/h8H,6-7H2,1-5H3,(H2,15,16,17). The number of amides is 2. The molecule has 0 atom stereocenters. The van der Waals surface area contributed by atoms with Gasteiger partial charge in [0.05, 0.1) is 7.11 Å². The molecule has 0 aliphatic carbocycles. The number of hydrogen-bond donors (Lipinski definition) is 2. The van der Waals surface area contributed by atoms with Gasteiger partial charge in [0, 0.05) is 13.6 Å². The monoisotopic (exact) mass is 250 g/mol. The Bertz CT molecular complexity index is 442. The summed E-state index contributed by atoms with van der Waals surface area (Å²) in [6.07, 6.45) is 0.824. The fraction of sp³-hybridized carbons (Fsp3) is 0.500. The molecule has 2 amide bonds. The molecule has 0 unspecified atom stereocenters. The van der Waals surface area contributed by atoms with Crippen molar-refractivity contribution in [3.63, 3.8) is 0 Å². The summed E-state index contributed by atoms with van der Waals surface area (Å²) in [7, 11) is 3.31. The normalized spacial score (nSPS) is 10.1. The zero-order valence-electron chi connectivity index (χ0n) is 11.8. The van der Waals surface area contributed by atoms with Gasteiger partial charge in [0.1, 0.15) is 5.75 Å². The molecule has 1 aromatic rings. The summed E-state index contributed by atoms with van der Waals surface area (Å²) >= 11 is 0. The molecule has 0 aliphatic heterocycles. The molecule has 1 rings (SSSR count). The minimum atomic E-state index is -0.144. The van der Waals surface area contributed by atoms with E-state index in [0.717, 1.165) is 17.7 Å². The molecule has 0 aromatic heterocycles. The van der Waals surface area contributed by atoms with Crippen molar-refractivity contribution in [2.24, 2.45) is 0 Å². The van der Waals surface area contributed by atoms with Crippen molar-refractivity contribution in [2.75, 3.05) is 20.7 Å². The summed E-state index contributed by atoms with van der Waals surface area (Å²) in [5.74, 6) is 0.954. The molecule has 0 radical (unpaired) electrons. The van der Waals surface area contributed by atoms with Crippen LogP contribution in [0.1, 0.15) is 22.3 Å². The Labute approximate surface area is 109 Å². The average molecular weight is 250 g/mol. The van der Waals surface area contributed by atoms with Gasteiger partial charge in [0.2, 0.25) is 0 Å². The molecular formula is C14H22N2O2. The zero-order chi connectivity index (χ0) is 13.7. The second-order valence-electron chi connectivity index (χ2n) is 4.39. The van der Waals surface area contributed by atoms with Crippen molar-refractivity contribution in [1.82, 2.24) is 10.6 Å². The van der Waals surface area contributed by atoms with E-state index in [-0.39, 0.29) is 6.03 Å². The number of methoxy groups -OCH3 is 1. The van der Waals surface area contributed by atoms with Gasteiger partial charge >= 0.3 is 6.03 Å². The van der Waals surface area contributed by atoms with Gasteiger partial charge < -0.3 is 15.4 Å². The largest absolute Gasteiger partial charge is 0.496 e. The average Bonchev–Trinajstić information content (AvgIpc) is 2.35. The molecule has 1 aromatic carbocycles. The van der Waals surface area contributed by atoms with Crippen LogP contribution in [0.3, 0.4) is 0 Å². The second kappa shape index (κ2) is 6.28. The molecule has 100 valence electrons. The van der Waals surface area contributed by atoms with Crippen LogP contribution in [0.2, 0.25) is 0 Å². The SMILES string of the molecule is CNC(=O)NCCc1cc(C)c(OC)c(C)c1C. The number of urea groups is 1. The number of ether oxygens (including phenoxy) is 1. The molecule has 0 saturated carbocycles. The van der Waals surface area contributed by atoms with Crippen LogP contribution >= 0.6 is 0 Å². The van der Waals surface area contributed by atoms with Crippen molar-refractivity contribution in [3.8, 4) is 5.75 Å². The Morgan fingerprint density at radius 1 is 1.28 bits per heavy atom. The molecular weight excluding hydrogens is 228 g/mol. The summed E-state index contributed by atoms with van der Waals surface area (Å²) in [4.78, 5) is 11.1. The van der Waals surface area contributed by atoms with Gasteiger partial charge in [-0.2, -0.15) is 0 Å². The van der Waals surface area contributed by atoms with Crippen LogP contribution in [-0.4, -0.2) is 26.7 Å². The van der Waals surface area contributed by atoms with E-state index in [1.54, 1.807) is 14.2 Å². The third kappa shape index (κ3) is 3.15. The molecule has 0 aliphatic rings. The predicted octanol–water partition coefficient (Wildman–Crippen LogP) is 2.09. The maximum absolute atomic E-state index is 11.1. The number of nitrogens with one attached hydrogen (secondary N) is 2. The number of carbonyl (C=O) groups excluding carboxylic acids is 1. The van der Waals surface area contributed by atoms with E-state index in [2.05, 4.69) is 30.5 Å². The Balaban J connectivity index is 2.81. The molecule has 0 saturated heterocycles. The van der Waals surface area contributed by atoms with Gasteiger partial charge in [-0.05, 0) is 49.4 Å². The summed E-state index contributed by atoms with van der Waals surface area (Å²) < 4.78 is 5.39. The van der Waals surface area contributed by atoms with Crippen LogP contribution in [0, 0.1) is 20.8 Å². The van der Waals surface area contributed by atoms with Crippen molar-refractivity contribution in [1.29, 1.82) is 0 Å². The smallest absolute Gasteiger partial charge is 0.314 e. The van der Waals surface area contributed by atoms with Crippen molar-refractivity contribution < 1.29 is 9.53 Å². The Morgan fingerprint density at radius 3 is 2.50 bits per heavy atom. The zero-order valence-corrected chi connectivity index (χ0v) is 11.8. The number of carbonyl (C=O) groups is 1. The maximum Gasteiger partial charge on any atom is 0.314 e. The van der Waals surface area contributed by atoms with E-state index in [0.29, 0.717) is 6.54 Å². The predicted molar refractivity (Wildman–Crippen MR) is 73.4 cm³/mol. The van der Waals surface area contributed by atoms with Crippen LogP contribution in [0.4, 0.5) is 4.79 Å². The minimum Gasteiger partial charge on any atom is -0.496 e. The third-order valence-electron chi connectivity index (χ3n) is 3.24. The highest BCUT2D eigenvalue weighted by molar-refractivity contribution is 5.73. The molecule has 0 heterocycles. The van der Waals surface area contributed by atoms with Crippen LogP contribution in [0.5, 0.6) is 5.75 Å². The Hall–Kier alpha value is -1.71. The van der Waals surface area contributed by atoms with E-state index in [1.165, 1.54) is 16.7 Å². The van der Waals surface area contributed by atoms with Gasteiger partial charge in [0.25, 0.3) is 0 Å². The van der Waals surface area contributed by atoms with Crippen LogP contribution in [0.25, 0.3) is 0 Å². The first-order valence-corrected chi connectivity index (χ1v) is 6.10. The number of hydrogen-bond acceptors (Lipinski definition) is 2. The lowest BCUT2D eigenvalue weighted by molar-refractivity contribution is 0.243. The summed E-state index contributed by atoms with van der Waals surface area (Å²) in [6.45, 7) is 6.83. The van der Waals surface area contributed by atoms with Crippen molar-refractivity contribution >= 4 is 6.03 Å². The molecule has 4 heteroatoms. The number of aryl methyl sites for hydroxylation is 1. The summed E-state index contributed by atoms with van der Waals surface area (Å²) in [6, 6.07) is 1.99. The van der Waals surface area contributed by atoms with Crippen LogP contribution in [0.15, 0.2) is 6.07 Å². The van der Waals surface area contributed by atoms with E-state index >= 15 is 0 Å². The van der Waals surface area contributed by atoms with E-state index in [1.807, 2.05) is 6.92 Å². The molecule has 0 bridgehead atoms.